The normalized spacial score (nSPS) is 24.6. The van der Waals surface area contributed by atoms with Gasteiger partial charge in [0.15, 0.2) is 11.8 Å². The molecule has 0 aliphatic carbocycles. The number of pyridine rings is 1. The van der Waals surface area contributed by atoms with Crippen LogP contribution in [0.15, 0.2) is 63.9 Å². The Morgan fingerprint density at radius 1 is 1.03 bits per heavy atom. The fourth-order valence-corrected chi connectivity index (χ4v) is 5.77. The Morgan fingerprint density at radius 3 is 2.38 bits per heavy atom. The molecule has 0 radical (unpaired) electrons. The third-order valence-corrected chi connectivity index (χ3v) is 8.91. The molecular formula is C26H25ClN4O5S. The van der Waals surface area contributed by atoms with Crippen LogP contribution in [-0.4, -0.2) is 75.2 Å². The van der Waals surface area contributed by atoms with E-state index < -0.39 is 15.8 Å². The van der Waals surface area contributed by atoms with Crippen molar-refractivity contribution in [3.8, 4) is 28.4 Å². The Balaban J connectivity index is 1.23. The Kier molecular flexibility index (Phi) is 6.16. The summed E-state index contributed by atoms with van der Waals surface area (Å²) in [6.07, 6.45) is -0.103. The molecule has 9 nitrogen and oxygen atoms in total. The van der Waals surface area contributed by atoms with Crippen molar-refractivity contribution in [1.82, 2.24) is 15.0 Å². The minimum atomic E-state index is -2.36. The van der Waals surface area contributed by atoms with Crippen LogP contribution in [0.4, 0.5) is 0 Å². The molecule has 3 unspecified atom stereocenters. The number of benzene rings is 2. The summed E-state index contributed by atoms with van der Waals surface area (Å²) in [7, 11) is -0.793. The quantitative estimate of drug-likeness (QED) is 0.393. The number of ether oxygens (including phenoxy) is 3. The highest BCUT2D eigenvalue weighted by Crippen LogP contribution is 2.33. The zero-order chi connectivity index (χ0) is 25.7. The topological polar surface area (TPSA) is 119 Å². The molecule has 2 saturated heterocycles. The number of imidazole rings is 1. The van der Waals surface area contributed by atoms with Crippen molar-refractivity contribution in [2.24, 2.45) is 4.36 Å². The van der Waals surface area contributed by atoms with Gasteiger partial charge in [0.05, 0.1) is 33.7 Å². The van der Waals surface area contributed by atoms with Crippen molar-refractivity contribution in [1.29, 1.82) is 0 Å². The number of hydrogen-bond donors (Lipinski definition) is 2. The number of aromatic nitrogens is 3. The van der Waals surface area contributed by atoms with Crippen molar-refractivity contribution in [2.75, 3.05) is 26.5 Å². The van der Waals surface area contributed by atoms with Gasteiger partial charge in [-0.15, -0.1) is 0 Å². The van der Waals surface area contributed by atoms with Crippen molar-refractivity contribution in [3.05, 3.63) is 59.6 Å². The lowest BCUT2D eigenvalue weighted by molar-refractivity contribution is 0.00706. The predicted molar refractivity (Wildman–Crippen MR) is 140 cm³/mol. The van der Waals surface area contributed by atoms with Crippen LogP contribution < -0.4 is 4.74 Å². The molecule has 11 heteroatoms. The molecule has 4 heterocycles. The molecule has 4 aromatic rings. The Bertz CT molecular complexity index is 1580. The van der Waals surface area contributed by atoms with Crippen LogP contribution >= 0.6 is 11.6 Å². The van der Waals surface area contributed by atoms with Gasteiger partial charge in [0.1, 0.15) is 23.8 Å². The molecular weight excluding hydrogens is 516 g/mol. The van der Waals surface area contributed by atoms with Crippen LogP contribution in [0.25, 0.3) is 33.5 Å². The van der Waals surface area contributed by atoms with Crippen molar-refractivity contribution in [3.63, 3.8) is 0 Å². The van der Waals surface area contributed by atoms with Crippen LogP contribution in [-0.2, 0) is 19.2 Å². The van der Waals surface area contributed by atoms with Gasteiger partial charge in [0, 0.05) is 23.8 Å². The molecule has 5 atom stereocenters. The average Bonchev–Trinajstić information content (AvgIpc) is 3.60. The van der Waals surface area contributed by atoms with Gasteiger partial charge in [0.2, 0.25) is 0 Å². The molecule has 6 rings (SSSR count). The van der Waals surface area contributed by atoms with Crippen molar-refractivity contribution >= 4 is 32.5 Å². The van der Waals surface area contributed by atoms with E-state index in [9.17, 15) is 9.32 Å². The summed E-state index contributed by atoms with van der Waals surface area (Å²) >= 11 is 6.58. The number of halogens is 1. The third-order valence-electron chi connectivity index (χ3n) is 6.78. The predicted octanol–water partition coefficient (Wildman–Crippen LogP) is 3.94. The lowest BCUT2D eigenvalue weighted by atomic mass is 10.0. The SMILES string of the molecule is CN=S(C)(=O)c1ccc(-c2ccc(-c3nc4[nH]c(O[C@@H]5COC6C5OC[C@H]6O)nc4cc3Cl)cc2)cc1. The fourth-order valence-electron chi connectivity index (χ4n) is 4.67. The summed E-state index contributed by atoms with van der Waals surface area (Å²) in [5.41, 5.74) is 4.61. The molecule has 0 spiro atoms. The van der Waals surface area contributed by atoms with E-state index in [4.69, 9.17) is 30.8 Å². The number of aliphatic hydroxyl groups is 1. The lowest BCUT2D eigenvalue weighted by Gasteiger charge is -2.15. The first kappa shape index (κ1) is 24.3. The maximum Gasteiger partial charge on any atom is 0.296 e. The first-order valence-electron chi connectivity index (χ1n) is 11.8. The first-order valence-corrected chi connectivity index (χ1v) is 14.1. The van der Waals surface area contributed by atoms with Gasteiger partial charge in [-0.25, -0.2) is 13.6 Å². The number of fused-ring (bicyclic) bond motifs is 2. The second-order valence-corrected chi connectivity index (χ2v) is 12.0. The van der Waals surface area contributed by atoms with E-state index in [1.807, 2.05) is 48.5 Å². The third kappa shape index (κ3) is 4.49. The van der Waals surface area contributed by atoms with Crippen LogP contribution in [0.2, 0.25) is 5.02 Å². The largest absolute Gasteiger partial charge is 0.456 e. The van der Waals surface area contributed by atoms with E-state index in [-0.39, 0.29) is 24.9 Å². The number of nitrogens with zero attached hydrogens (tertiary/aromatic N) is 3. The van der Waals surface area contributed by atoms with Crippen molar-refractivity contribution in [2.45, 2.75) is 29.3 Å². The number of nitrogens with one attached hydrogen (secondary N) is 1. The van der Waals surface area contributed by atoms with E-state index in [1.165, 1.54) is 0 Å². The maximum atomic E-state index is 12.5. The second kappa shape index (κ2) is 9.38. The van der Waals surface area contributed by atoms with Gasteiger partial charge in [-0.2, -0.15) is 4.98 Å². The fraction of sp³-hybridized carbons (Fsp3) is 0.308. The lowest BCUT2D eigenvalue weighted by Crippen LogP contribution is -2.34. The number of H-pyrrole nitrogens is 1. The standard InChI is InChI=1S/C26H25ClN4O5S/c1-28-37(2,33)17-9-7-15(8-10-17)14-3-5-16(6-4-14)22-18(27)11-19-25(30-22)31-26(29-19)36-21-13-35-23-20(32)12-34-24(21)23/h3-11,20-21,23-24,32H,12-13H2,1-2H3,(H,29,30,31)/t20-,21-,23?,24?,37?/m1/s1. The van der Waals surface area contributed by atoms with E-state index in [2.05, 4.69) is 14.3 Å². The van der Waals surface area contributed by atoms with Gasteiger partial charge in [-0.05, 0) is 29.3 Å². The molecule has 192 valence electrons. The molecule has 37 heavy (non-hydrogen) atoms. The smallest absolute Gasteiger partial charge is 0.296 e. The molecule has 2 N–H and O–H groups in total. The summed E-state index contributed by atoms with van der Waals surface area (Å²) in [6, 6.07) is 17.5. The maximum absolute atomic E-state index is 12.5. The Labute approximate surface area is 219 Å². The van der Waals surface area contributed by atoms with E-state index in [0.29, 0.717) is 39.4 Å². The summed E-state index contributed by atoms with van der Waals surface area (Å²) in [5, 5.41) is 10.4. The molecule has 0 amide bonds. The highest BCUT2D eigenvalue weighted by atomic mass is 35.5. The molecule has 2 aromatic heterocycles. The molecule has 0 saturated carbocycles. The van der Waals surface area contributed by atoms with Gasteiger partial charge in [0.25, 0.3) is 6.01 Å². The van der Waals surface area contributed by atoms with Crippen LogP contribution in [0.1, 0.15) is 0 Å². The van der Waals surface area contributed by atoms with Crippen LogP contribution in [0.3, 0.4) is 0 Å². The first-order chi connectivity index (χ1) is 17.8. The van der Waals surface area contributed by atoms with Gasteiger partial charge in [-0.3, -0.25) is 4.98 Å². The number of aromatic amines is 1. The van der Waals surface area contributed by atoms with Crippen LogP contribution in [0.5, 0.6) is 6.01 Å². The summed E-state index contributed by atoms with van der Waals surface area (Å²) in [4.78, 5) is 13.0. The zero-order valence-corrected chi connectivity index (χ0v) is 21.7. The highest BCUT2D eigenvalue weighted by Gasteiger charge is 2.48. The summed E-state index contributed by atoms with van der Waals surface area (Å²) < 4.78 is 33.6. The average molecular weight is 541 g/mol. The molecule has 2 aliphatic heterocycles. The summed E-state index contributed by atoms with van der Waals surface area (Å²) in [5.74, 6) is 0. The monoisotopic (exact) mass is 540 g/mol. The minimum Gasteiger partial charge on any atom is -0.456 e. The van der Waals surface area contributed by atoms with Crippen molar-refractivity contribution < 1.29 is 23.5 Å². The molecule has 2 aliphatic rings. The second-order valence-electron chi connectivity index (χ2n) is 9.13. The Hall–Kier alpha value is -3.02. The number of hydrogen-bond acceptors (Lipinski definition) is 8. The van der Waals surface area contributed by atoms with E-state index >= 15 is 0 Å². The molecule has 0 bridgehead atoms. The van der Waals surface area contributed by atoms with Gasteiger partial charge in [-0.1, -0.05) is 48.0 Å². The molecule has 2 aromatic carbocycles. The highest BCUT2D eigenvalue weighted by molar-refractivity contribution is 7.93. The molecule has 2 fully saturated rings. The number of aliphatic hydroxyl groups excluding tert-OH is 1. The van der Waals surface area contributed by atoms with Gasteiger partial charge < -0.3 is 19.3 Å². The Morgan fingerprint density at radius 2 is 1.68 bits per heavy atom. The number of rotatable bonds is 5. The summed E-state index contributed by atoms with van der Waals surface area (Å²) in [6.45, 7) is 0.540. The van der Waals surface area contributed by atoms with E-state index in [1.54, 1.807) is 19.4 Å². The minimum absolute atomic E-state index is 0.232. The zero-order valence-electron chi connectivity index (χ0n) is 20.1. The van der Waals surface area contributed by atoms with Gasteiger partial charge >= 0.3 is 0 Å². The van der Waals surface area contributed by atoms with Crippen LogP contribution in [0, 0.1) is 0 Å². The van der Waals surface area contributed by atoms with E-state index in [0.717, 1.165) is 16.7 Å².